The number of nitrogens with zero attached hydrogens (tertiary/aromatic N) is 1. The molecule has 0 aromatic heterocycles. The Morgan fingerprint density at radius 1 is 1.04 bits per heavy atom. The fourth-order valence-electron chi connectivity index (χ4n) is 3.44. The van der Waals surface area contributed by atoms with Crippen LogP contribution in [-0.2, 0) is 15.0 Å². The number of amides is 2. The lowest BCUT2D eigenvalue weighted by Gasteiger charge is -2.30. The molecule has 0 bridgehead atoms. The molecule has 0 aliphatic heterocycles. The summed E-state index contributed by atoms with van der Waals surface area (Å²) in [5.41, 5.74) is 1.08. The number of carbonyl (C=O) groups is 2. The lowest BCUT2D eigenvalue weighted by molar-refractivity contribution is -0.146. The minimum absolute atomic E-state index is 0.0383. The van der Waals surface area contributed by atoms with Crippen molar-refractivity contribution in [3.05, 3.63) is 35.9 Å². The Hall–Kier alpha value is -1.92. The van der Waals surface area contributed by atoms with Gasteiger partial charge in [0.15, 0.2) is 0 Å². The van der Waals surface area contributed by atoms with Gasteiger partial charge >= 0.3 is 11.8 Å². The molecule has 0 radical (unpaired) electrons. The van der Waals surface area contributed by atoms with Gasteiger partial charge in [0.05, 0.1) is 13.2 Å². The summed E-state index contributed by atoms with van der Waals surface area (Å²) in [4.78, 5) is 25.5. The topological polar surface area (TPSA) is 89.9 Å². The third-order valence-corrected chi connectivity index (χ3v) is 4.76. The molecule has 24 heavy (non-hydrogen) atoms. The highest BCUT2D eigenvalue weighted by Crippen LogP contribution is 2.40. The van der Waals surface area contributed by atoms with Crippen LogP contribution in [0.1, 0.15) is 31.2 Å². The van der Waals surface area contributed by atoms with Gasteiger partial charge in [0, 0.05) is 25.0 Å². The molecule has 1 fully saturated rings. The van der Waals surface area contributed by atoms with Gasteiger partial charge in [-0.15, -0.1) is 0 Å². The van der Waals surface area contributed by atoms with Crippen molar-refractivity contribution in [1.29, 1.82) is 0 Å². The van der Waals surface area contributed by atoms with Crippen molar-refractivity contribution in [3.63, 3.8) is 0 Å². The van der Waals surface area contributed by atoms with Crippen LogP contribution in [0.15, 0.2) is 30.3 Å². The van der Waals surface area contributed by atoms with Gasteiger partial charge in [-0.3, -0.25) is 9.59 Å². The first kappa shape index (κ1) is 18.4. The molecule has 6 nitrogen and oxygen atoms in total. The summed E-state index contributed by atoms with van der Waals surface area (Å²) >= 11 is 0. The maximum Gasteiger partial charge on any atom is 0.312 e. The van der Waals surface area contributed by atoms with Crippen molar-refractivity contribution in [2.24, 2.45) is 0 Å². The fraction of sp³-hybridized carbons (Fsp3) is 0.556. The summed E-state index contributed by atoms with van der Waals surface area (Å²) in [5, 5.41) is 20.7. The van der Waals surface area contributed by atoms with E-state index in [-0.39, 0.29) is 31.7 Å². The predicted molar refractivity (Wildman–Crippen MR) is 90.3 cm³/mol. The van der Waals surface area contributed by atoms with Gasteiger partial charge in [0.25, 0.3) is 0 Å². The smallest absolute Gasteiger partial charge is 0.312 e. The van der Waals surface area contributed by atoms with Gasteiger partial charge in [-0.05, 0) is 18.4 Å². The molecular formula is C18H26N2O4. The van der Waals surface area contributed by atoms with Crippen LogP contribution in [0, 0.1) is 0 Å². The number of aliphatic hydroxyl groups is 2. The molecule has 132 valence electrons. The van der Waals surface area contributed by atoms with Gasteiger partial charge in [0.1, 0.15) is 0 Å². The Labute approximate surface area is 142 Å². The summed E-state index contributed by atoms with van der Waals surface area (Å²) in [6.45, 7) is 0.0148. The van der Waals surface area contributed by atoms with Crippen LogP contribution in [0.25, 0.3) is 0 Å². The lowest BCUT2D eigenvalue weighted by atomic mass is 9.79. The Balaban J connectivity index is 2.01. The summed E-state index contributed by atoms with van der Waals surface area (Å²) in [6, 6.07) is 10.1. The van der Waals surface area contributed by atoms with Crippen molar-refractivity contribution in [2.45, 2.75) is 31.1 Å². The molecule has 3 N–H and O–H groups in total. The zero-order chi connectivity index (χ0) is 17.4. The maximum atomic E-state index is 12.2. The van der Waals surface area contributed by atoms with Crippen LogP contribution < -0.4 is 5.32 Å². The first-order chi connectivity index (χ1) is 11.6. The van der Waals surface area contributed by atoms with Crippen LogP contribution in [0.5, 0.6) is 0 Å². The van der Waals surface area contributed by atoms with E-state index < -0.39 is 11.8 Å². The van der Waals surface area contributed by atoms with Gasteiger partial charge < -0.3 is 20.4 Å². The SMILES string of the molecule is O=C(NCC1(c2ccccc2)CCCC1)C(=O)N(CCO)CCO. The van der Waals surface area contributed by atoms with E-state index in [4.69, 9.17) is 10.2 Å². The monoisotopic (exact) mass is 334 g/mol. The zero-order valence-corrected chi connectivity index (χ0v) is 13.9. The summed E-state index contributed by atoms with van der Waals surface area (Å²) in [6.07, 6.45) is 4.20. The normalized spacial score (nSPS) is 15.9. The molecule has 1 aliphatic rings. The second-order valence-electron chi connectivity index (χ2n) is 6.28. The van der Waals surface area contributed by atoms with E-state index in [0.717, 1.165) is 25.7 Å². The predicted octanol–water partition coefficient (Wildman–Crippen LogP) is 0.428. The molecule has 0 atom stereocenters. The highest BCUT2D eigenvalue weighted by atomic mass is 16.3. The van der Waals surface area contributed by atoms with E-state index in [1.165, 1.54) is 10.5 Å². The molecule has 1 aliphatic carbocycles. The Morgan fingerprint density at radius 2 is 1.62 bits per heavy atom. The maximum absolute atomic E-state index is 12.2. The van der Waals surface area contributed by atoms with E-state index in [1.807, 2.05) is 18.2 Å². The van der Waals surface area contributed by atoms with Crippen molar-refractivity contribution in [2.75, 3.05) is 32.8 Å². The average molecular weight is 334 g/mol. The summed E-state index contributed by atoms with van der Waals surface area (Å²) in [5.74, 6) is -1.39. The van der Waals surface area contributed by atoms with Crippen molar-refractivity contribution in [1.82, 2.24) is 10.2 Å². The molecule has 0 spiro atoms. The van der Waals surface area contributed by atoms with Gasteiger partial charge in [-0.1, -0.05) is 43.2 Å². The van der Waals surface area contributed by atoms with Crippen LogP contribution in [0.2, 0.25) is 0 Å². The van der Waals surface area contributed by atoms with Crippen molar-refractivity contribution in [3.8, 4) is 0 Å². The largest absolute Gasteiger partial charge is 0.395 e. The molecule has 2 amide bonds. The Kier molecular flexibility index (Phi) is 6.75. The number of nitrogens with one attached hydrogen (secondary N) is 1. The lowest BCUT2D eigenvalue weighted by Crippen LogP contribution is -2.48. The van der Waals surface area contributed by atoms with Gasteiger partial charge in [-0.25, -0.2) is 0 Å². The van der Waals surface area contributed by atoms with Gasteiger partial charge in [0.2, 0.25) is 0 Å². The van der Waals surface area contributed by atoms with Gasteiger partial charge in [-0.2, -0.15) is 0 Å². The molecule has 0 unspecified atom stereocenters. The van der Waals surface area contributed by atoms with E-state index in [1.54, 1.807) is 0 Å². The molecule has 6 heteroatoms. The summed E-state index contributed by atoms with van der Waals surface area (Å²) in [7, 11) is 0. The highest BCUT2D eigenvalue weighted by Gasteiger charge is 2.36. The minimum Gasteiger partial charge on any atom is -0.395 e. The number of carbonyl (C=O) groups excluding carboxylic acids is 2. The molecule has 1 aromatic carbocycles. The quantitative estimate of drug-likeness (QED) is 0.631. The third-order valence-electron chi connectivity index (χ3n) is 4.76. The highest BCUT2D eigenvalue weighted by molar-refractivity contribution is 6.35. The third kappa shape index (κ3) is 4.33. The standard InChI is InChI=1S/C18H26N2O4/c21-12-10-20(11-13-22)17(24)16(23)19-14-18(8-4-5-9-18)15-6-2-1-3-7-15/h1-3,6-7,21-22H,4-5,8-14H2,(H,19,23). The first-order valence-electron chi connectivity index (χ1n) is 8.47. The number of benzene rings is 1. The van der Waals surface area contributed by atoms with Crippen LogP contribution in [-0.4, -0.2) is 59.8 Å². The second-order valence-corrected chi connectivity index (χ2v) is 6.28. The van der Waals surface area contributed by atoms with Crippen LogP contribution in [0.3, 0.4) is 0 Å². The molecule has 0 heterocycles. The number of aliphatic hydroxyl groups excluding tert-OH is 2. The molecule has 2 rings (SSSR count). The van der Waals surface area contributed by atoms with E-state index >= 15 is 0 Å². The van der Waals surface area contributed by atoms with E-state index in [0.29, 0.717) is 6.54 Å². The Morgan fingerprint density at radius 3 is 2.17 bits per heavy atom. The van der Waals surface area contributed by atoms with E-state index in [9.17, 15) is 9.59 Å². The van der Waals surface area contributed by atoms with Crippen molar-refractivity contribution >= 4 is 11.8 Å². The molecule has 1 aromatic rings. The van der Waals surface area contributed by atoms with E-state index in [2.05, 4.69) is 17.4 Å². The molecular weight excluding hydrogens is 308 g/mol. The molecule has 1 saturated carbocycles. The number of rotatable bonds is 7. The zero-order valence-electron chi connectivity index (χ0n) is 13.9. The van der Waals surface area contributed by atoms with Crippen LogP contribution in [0.4, 0.5) is 0 Å². The second kappa shape index (κ2) is 8.80. The number of hydrogen-bond donors (Lipinski definition) is 3. The summed E-state index contributed by atoms with van der Waals surface area (Å²) < 4.78 is 0. The average Bonchev–Trinajstić information content (AvgIpc) is 3.10. The Bertz CT molecular complexity index is 535. The minimum atomic E-state index is -0.709. The van der Waals surface area contributed by atoms with Crippen molar-refractivity contribution < 1.29 is 19.8 Å². The number of hydrogen-bond acceptors (Lipinski definition) is 4. The first-order valence-corrected chi connectivity index (χ1v) is 8.47. The van der Waals surface area contributed by atoms with Crippen LogP contribution >= 0.6 is 0 Å². The molecule has 0 saturated heterocycles. The fourth-order valence-corrected chi connectivity index (χ4v) is 3.44.